The maximum Gasteiger partial charge on any atom is 0.416 e. The van der Waals surface area contributed by atoms with Gasteiger partial charge in [-0.3, -0.25) is 0 Å². The van der Waals surface area contributed by atoms with Gasteiger partial charge < -0.3 is 5.32 Å². The van der Waals surface area contributed by atoms with E-state index < -0.39 is 11.7 Å². The Bertz CT molecular complexity index is 402. The van der Waals surface area contributed by atoms with Crippen LogP contribution in [0.1, 0.15) is 32.8 Å². The van der Waals surface area contributed by atoms with Gasteiger partial charge in [-0.05, 0) is 46.5 Å². The summed E-state index contributed by atoms with van der Waals surface area (Å²) in [6, 6.07) is 3.81. The van der Waals surface area contributed by atoms with Crippen LogP contribution in [0.3, 0.4) is 0 Å². The summed E-state index contributed by atoms with van der Waals surface area (Å²) in [5, 5.41) is 3.16. The second kappa shape index (κ2) is 5.95. The van der Waals surface area contributed by atoms with E-state index in [2.05, 4.69) is 21.2 Å². The van der Waals surface area contributed by atoms with Crippen molar-refractivity contribution in [2.75, 3.05) is 5.32 Å². The predicted molar refractivity (Wildman–Crippen MR) is 71.7 cm³/mol. The molecule has 1 nitrogen and oxygen atoms in total. The first-order valence-electron chi connectivity index (χ1n) is 5.89. The highest BCUT2D eigenvalue weighted by molar-refractivity contribution is 9.10. The van der Waals surface area contributed by atoms with Gasteiger partial charge in [0.05, 0.1) is 5.56 Å². The molecule has 0 aliphatic rings. The maximum atomic E-state index is 12.6. The van der Waals surface area contributed by atoms with Gasteiger partial charge in [0.1, 0.15) is 0 Å². The van der Waals surface area contributed by atoms with E-state index in [1.807, 2.05) is 20.8 Å². The summed E-state index contributed by atoms with van der Waals surface area (Å²) < 4.78 is 38.6. The molecule has 1 N–H and O–H groups in total. The summed E-state index contributed by atoms with van der Waals surface area (Å²) in [5.41, 5.74) is -0.141. The van der Waals surface area contributed by atoms with Crippen molar-refractivity contribution in [1.82, 2.24) is 0 Å². The Kier molecular flexibility index (Phi) is 5.08. The molecular formula is C13H17BrF3N. The summed E-state index contributed by atoms with van der Waals surface area (Å²) in [7, 11) is 0. The fourth-order valence-corrected chi connectivity index (χ4v) is 2.11. The Hall–Kier alpha value is -0.710. The van der Waals surface area contributed by atoms with Crippen LogP contribution in [0.4, 0.5) is 18.9 Å². The van der Waals surface area contributed by atoms with Gasteiger partial charge in [-0.1, -0.05) is 20.8 Å². The molecule has 0 aliphatic carbocycles. The van der Waals surface area contributed by atoms with Crippen LogP contribution in [0.25, 0.3) is 0 Å². The molecule has 1 rings (SSSR count). The van der Waals surface area contributed by atoms with Crippen LogP contribution in [0.5, 0.6) is 0 Å². The standard InChI is InChI=1S/C13H17BrF3N/c1-4-11(8(2)3)18-12-7-9(13(15,16)17)5-6-10(12)14/h5-8,11,18H,4H2,1-3H3. The highest BCUT2D eigenvalue weighted by Gasteiger charge is 2.31. The first-order chi connectivity index (χ1) is 8.25. The van der Waals surface area contributed by atoms with Crippen LogP contribution >= 0.6 is 15.9 Å². The highest BCUT2D eigenvalue weighted by Crippen LogP contribution is 2.34. The second-order valence-corrected chi connectivity index (χ2v) is 5.45. The van der Waals surface area contributed by atoms with Crippen molar-refractivity contribution >= 4 is 21.6 Å². The molecule has 0 saturated carbocycles. The lowest BCUT2D eigenvalue weighted by Crippen LogP contribution is -2.25. The van der Waals surface area contributed by atoms with E-state index in [0.717, 1.165) is 18.6 Å². The molecule has 0 amide bonds. The molecule has 0 aromatic heterocycles. The number of benzene rings is 1. The topological polar surface area (TPSA) is 12.0 Å². The van der Waals surface area contributed by atoms with Gasteiger partial charge in [0.2, 0.25) is 0 Å². The minimum atomic E-state index is -4.31. The van der Waals surface area contributed by atoms with E-state index in [1.54, 1.807) is 0 Å². The van der Waals surface area contributed by atoms with Crippen molar-refractivity contribution in [2.45, 2.75) is 39.4 Å². The molecule has 1 atom stereocenters. The zero-order chi connectivity index (χ0) is 13.9. The monoisotopic (exact) mass is 323 g/mol. The van der Waals surface area contributed by atoms with E-state index in [0.29, 0.717) is 16.1 Å². The van der Waals surface area contributed by atoms with Crippen molar-refractivity contribution in [3.63, 3.8) is 0 Å². The van der Waals surface area contributed by atoms with Crippen LogP contribution in [0.2, 0.25) is 0 Å². The molecule has 18 heavy (non-hydrogen) atoms. The third-order valence-corrected chi connectivity index (χ3v) is 3.57. The first-order valence-corrected chi connectivity index (χ1v) is 6.68. The molecule has 0 spiro atoms. The van der Waals surface area contributed by atoms with Crippen molar-refractivity contribution in [2.24, 2.45) is 5.92 Å². The minimum absolute atomic E-state index is 0.157. The summed E-state index contributed by atoms with van der Waals surface area (Å²) in [6.45, 7) is 6.10. The molecule has 1 aromatic carbocycles. The van der Waals surface area contributed by atoms with Gasteiger partial charge in [-0.25, -0.2) is 0 Å². The lowest BCUT2D eigenvalue weighted by atomic mass is 10.0. The Balaban J connectivity index is 3.01. The SMILES string of the molecule is CCC(Nc1cc(C(F)(F)F)ccc1Br)C(C)C. The number of rotatable bonds is 4. The Morgan fingerprint density at radius 3 is 2.33 bits per heavy atom. The van der Waals surface area contributed by atoms with Crippen LogP contribution in [0, 0.1) is 5.92 Å². The van der Waals surface area contributed by atoms with E-state index >= 15 is 0 Å². The number of nitrogens with one attached hydrogen (secondary N) is 1. The molecule has 0 heterocycles. The Morgan fingerprint density at radius 1 is 1.28 bits per heavy atom. The maximum absolute atomic E-state index is 12.6. The lowest BCUT2D eigenvalue weighted by molar-refractivity contribution is -0.137. The predicted octanol–water partition coefficient (Wildman–Crippen LogP) is 5.31. The average Bonchev–Trinajstić information content (AvgIpc) is 2.25. The van der Waals surface area contributed by atoms with E-state index in [9.17, 15) is 13.2 Å². The molecule has 1 aromatic rings. The fourth-order valence-electron chi connectivity index (χ4n) is 1.75. The lowest BCUT2D eigenvalue weighted by Gasteiger charge is -2.23. The number of hydrogen-bond donors (Lipinski definition) is 1. The molecular weight excluding hydrogens is 307 g/mol. The van der Waals surface area contributed by atoms with Crippen molar-refractivity contribution in [1.29, 1.82) is 0 Å². The van der Waals surface area contributed by atoms with Crippen molar-refractivity contribution in [3.05, 3.63) is 28.2 Å². The summed E-state index contributed by atoms with van der Waals surface area (Å²) in [5.74, 6) is 0.358. The summed E-state index contributed by atoms with van der Waals surface area (Å²) in [4.78, 5) is 0. The van der Waals surface area contributed by atoms with Crippen molar-refractivity contribution < 1.29 is 13.2 Å². The smallest absolute Gasteiger partial charge is 0.381 e. The number of anilines is 1. The number of hydrogen-bond acceptors (Lipinski definition) is 1. The Labute approximate surface area is 114 Å². The van der Waals surface area contributed by atoms with Gasteiger partial charge in [0.25, 0.3) is 0 Å². The first kappa shape index (κ1) is 15.3. The molecule has 0 fully saturated rings. The molecule has 0 bridgehead atoms. The van der Waals surface area contributed by atoms with Gasteiger partial charge in [0, 0.05) is 16.2 Å². The van der Waals surface area contributed by atoms with E-state index in [-0.39, 0.29) is 6.04 Å². The second-order valence-electron chi connectivity index (χ2n) is 4.60. The zero-order valence-corrected chi connectivity index (χ0v) is 12.2. The zero-order valence-electron chi connectivity index (χ0n) is 10.6. The van der Waals surface area contributed by atoms with Gasteiger partial charge in [-0.2, -0.15) is 13.2 Å². The normalized spacial score (nSPS) is 13.8. The summed E-state index contributed by atoms with van der Waals surface area (Å²) >= 11 is 3.27. The Morgan fingerprint density at radius 2 is 1.89 bits per heavy atom. The van der Waals surface area contributed by atoms with Gasteiger partial charge in [0.15, 0.2) is 0 Å². The fraction of sp³-hybridized carbons (Fsp3) is 0.538. The van der Waals surface area contributed by atoms with Crippen molar-refractivity contribution in [3.8, 4) is 0 Å². The molecule has 102 valence electrons. The largest absolute Gasteiger partial charge is 0.416 e. The average molecular weight is 324 g/mol. The number of alkyl halides is 3. The molecule has 0 saturated heterocycles. The van der Waals surface area contributed by atoms with Crippen LogP contribution in [0.15, 0.2) is 22.7 Å². The quantitative estimate of drug-likeness (QED) is 0.791. The van der Waals surface area contributed by atoms with Gasteiger partial charge in [-0.15, -0.1) is 0 Å². The van der Waals surface area contributed by atoms with E-state index in [4.69, 9.17) is 0 Å². The van der Waals surface area contributed by atoms with Gasteiger partial charge >= 0.3 is 6.18 Å². The molecule has 5 heteroatoms. The summed E-state index contributed by atoms with van der Waals surface area (Å²) in [6.07, 6.45) is -3.45. The van der Waals surface area contributed by atoms with Crippen LogP contribution < -0.4 is 5.32 Å². The third-order valence-electron chi connectivity index (χ3n) is 2.88. The van der Waals surface area contributed by atoms with E-state index in [1.165, 1.54) is 6.07 Å². The van der Waals surface area contributed by atoms with Crippen LogP contribution in [-0.4, -0.2) is 6.04 Å². The molecule has 1 unspecified atom stereocenters. The third kappa shape index (κ3) is 3.90. The molecule has 0 aliphatic heterocycles. The molecule has 0 radical (unpaired) electrons. The highest BCUT2D eigenvalue weighted by atomic mass is 79.9. The van der Waals surface area contributed by atoms with Crippen LogP contribution in [-0.2, 0) is 6.18 Å². The number of halogens is 4. The minimum Gasteiger partial charge on any atom is -0.381 e.